The molecule has 0 amide bonds. The highest BCUT2D eigenvalue weighted by Crippen LogP contribution is 2.30. The van der Waals surface area contributed by atoms with E-state index in [9.17, 15) is 17.9 Å². The Hall–Kier alpha value is -1.67. The standard InChI is InChI=1S/C19H21ClFNO4S/c20-15-9-14(18-3-1-2-4-19(18)21)10-17(11-15)26-13-16(23)12-22-5-7-27(24,25)8-6-22/h1-4,9-11,16,23H,5-8,12-13H2. The quantitative estimate of drug-likeness (QED) is 0.788. The first-order valence-corrected chi connectivity index (χ1v) is 10.8. The summed E-state index contributed by atoms with van der Waals surface area (Å²) in [7, 11) is -2.95. The van der Waals surface area contributed by atoms with E-state index in [2.05, 4.69) is 0 Å². The molecule has 1 aliphatic rings. The molecule has 0 aliphatic carbocycles. The normalized spacial score (nSPS) is 18.2. The van der Waals surface area contributed by atoms with Gasteiger partial charge in [0, 0.05) is 30.2 Å². The summed E-state index contributed by atoms with van der Waals surface area (Å²) < 4.78 is 42.5. The molecule has 1 atom stereocenters. The van der Waals surface area contributed by atoms with E-state index >= 15 is 0 Å². The molecule has 27 heavy (non-hydrogen) atoms. The molecule has 0 saturated carbocycles. The fourth-order valence-corrected chi connectivity index (χ4v) is 4.47. The van der Waals surface area contributed by atoms with Crippen molar-refractivity contribution in [2.24, 2.45) is 0 Å². The highest BCUT2D eigenvalue weighted by Gasteiger charge is 2.23. The summed E-state index contributed by atoms with van der Waals surface area (Å²) in [4.78, 5) is 1.90. The Kier molecular flexibility index (Phi) is 6.37. The number of hydrogen-bond acceptors (Lipinski definition) is 5. The lowest BCUT2D eigenvalue weighted by molar-refractivity contribution is 0.0710. The molecule has 1 fully saturated rings. The Morgan fingerprint density at radius 3 is 2.59 bits per heavy atom. The van der Waals surface area contributed by atoms with Crippen LogP contribution in [0.1, 0.15) is 0 Å². The van der Waals surface area contributed by atoms with Crippen LogP contribution in [0.2, 0.25) is 5.02 Å². The van der Waals surface area contributed by atoms with Gasteiger partial charge in [0.25, 0.3) is 0 Å². The lowest BCUT2D eigenvalue weighted by Crippen LogP contribution is -2.44. The molecular weight excluding hydrogens is 393 g/mol. The molecule has 146 valence electrons. The molecule has 1 N–H and O–H groups in total. The summed E-state index contributed by atoms with van der Waals surface area (Å²) in [6.45, 7) is 1.18. The van der Waals surface area contributed by atoms with Crippen molar-refractivity contribution in [2.75, 3.05) is 37.7 Å². The lowest BCUT2D eigenvalue weighted by atomic mass is 10.1. The first-order valence-electron chi connectivity index (χ1n) is 8.61. The number of β-amino-alcohol motifs (C(OH)–C–C–N with tert-alkyl or cyclic N) is 1. The summed E-state index contributed by atoms with van der Waals surface area (Å²) in [6.07, 6.45) is -0.776. The van der Waals surface area contributed by atoms with Crippen molar-refractivity contribution in [2.45, 2.75) is 6.10 Å². The van der Waals surface area contributed by atoms with Crippen LogP contribution in [0.3, 0.4) is 0 Å². The second kappa shape index (κ2) is 8.56. The monoisotopic (exact) mass is 413 g/mol. The Balaban J connectivity index is 1.60. The van der Waals surface area contributed by atoms with Crippen molar-refractivity contribution < 1.29 is 22.7 Å². The van der Waals surface area contributed by atoms with Gasteiger partial charge in [0.1, 0.15) is 24.3 Å². The van der Waals surface area contributed by atoms with Crippen LogP contribution in [0.5, 0.6) is 5.75 Å². The van der Waals surface area contributed by atoms with Crippen LogP contribution in [0.4, 0.5) is 4.39 Å². The molecule has 1 saturated heterocycles. The summed E-state index contributed by atoms with van der Waals surface area (Å²) in [6, 6.07) is 11.3. The minimum Gasteiger partial charge on any atom is -0.491 e. The highest BCUT2D eigenvalue weighted by molar-refractivity contribution is 7.91. The third-order valence-corrected chi connectivity index (χ3v) is 6.23. The van der Waals surface area contributed by atoms with Gasteiger partial charge in [0.15, 0.2) is 9.84 Å². The molecule has 2 aromatic carbocycles. The number of aliphatic hydroxyl groups is 1. The van der Waals surface area contributed by atoms with Gasteiger partial charge in [-0.15, -0.1) is 0 Å². The van der Waals surface area contributed by atoms with Gasteiger partial charge in [-0.25, -0.2) is 12.8 Å². The zero-order valence-corrected chi connectivity index (χ0v) is 16.2. The molecule has 2 aromatic rings. The summed E-state index contributed by atoms with van der Waals surface area (Å²) >= 11 is 6.12. The van der Waals surface area contributed by atoms with E-state index in [1.165, 1.54) is 6.07 Å². The topological polar surface area (TPSA) is 66.8 Å². The molecule has 0 aromatic heterocycles. The fourth-order valence-electron chi connectivity index (χ4n) is 2.97. The predicted octanol–water partition coefficient (Wildman–Crippen LogP) is 2.62. The second-order valence-electron chi connectivity index (χ2n) is 6.57. The molecule has 1 unspecified atom stereocenters. The van der Waals surface area contributed by atoms with E-state index in [-0.39, 0.29) is 23.9 Å². The number of aliphatic hydroxyl groups excluding tert-OH is 1. The zero-order valence-electron chi connectivity index (χ0n) is 14.6. The first kappa shape index (κ1) is 20.1. The number of halogens is 2. The number of ether oxygens (including phenoxy) is 1. The average Bonchev–Trinajstić information content (AvgIpc) is 2.62. The summed E-state index contributed by atoms with van der Waals surface area (Å²) in [5.41, 5.74) is 1.01. The number of rotatable bonds is 6. The van der Waals surface area contributed by atoms with E-state index in [4.69, 9.17) is 16.3 Å². The van der Waals surface area contributed by atoms with E-state index in [0.717, 1.165) is 0 Å². The molecule has 1 aliphatic heterocycles. The summed E-state index contributed by atoms with van der Waals surface area (Å²) in [5, 5.41) is 10.6. The maximum Gasteiger partial charge on any atom is 0.152 e. The Bertz CT molecular complexity index is 892. The number of sulfone groups is 1. The first-order chi connectivity index (χ1) is 12.8. The number of benzene rings is 2. The van der Waals surface area contributed by atoms with Gasteiger partial charge in [-0.2, -0.15) is 0 Å². The van der Waals surface area contributed by atoms with Gasteiger partial charge in [-0.05, 0) is 29.8 Å². The second-order valence-corrected chi connectivity index (χ2v) is 9.31. The predicted molar refractivity (Wildman–Crippen MR) is 103 cm³/mol. The van der Waals surface area contributed by atoms with E-state index in [1.54, 1.807) is 36.4 Å². The van der Waals surface area contributed by atoms with Crippen LogP contribution in [-0.4, -0.2) is 62.3 Å². The van der Waals surface area contributed by atoms with Gasteiger partial charge in [-0.1, -0.05) is 29.8 Å². The Morgan fingerprint density at radius 2 is 1.89 bits per heavy atom. The molecule has 0 radical (unpaired) electrons. The minimum absolute atomic E-state index is 0.0281. The number of nitrogens with zero attached hydrogens (tertiary/aromatic N) is 1. The number of hydrogen-bond donors (Lipinski definition) is 1. The maximum atomic E-state index is 14.0. The van der Waals surface area contributed by atoms with Crippen molar-refractivity contribution >= 4 is 21.4 Å². The SMILES string of the molecule is O=S1(=O)CCN(CC(O)COc2cc(Cl)cc(-c3ccccc3F)c2)CC1. The highest BCUT2D eigenvalue weighted by atomic mass is 35.5. The third-order valence-electron chi connectivity index (χ3n) is 4.40. The average molecular weight is 414 g/mol. The van der Waals surface area contributed by atoms with Crippen molar-refractivity contribution in [1.82, 2.24) is 4.90 Å². The lowest BCUT2D eigenvalue weighted by Gasteiger charge is -2.28. The van der Waals surface area contributed by atoms with Crippen LogP contribution in [0.25, 0.3) is 11.1 Å². The Labute approximate surface area is 163 Å². The van der Waals surface area contributed by atoms with Crippen molar-refractivity contribution in [3.63, 3.8) is 0 Å². The van der Waals surface area contributed by atoms with E-state index in [0.29, 0.717) is 41.5 Å². The zero-order chi connectivity index (χ0) is 19.4. The van der Waals surface area contributed by atoms with Gasteiger partial charge in [0.05, 0.1) is 11.5 Å². The van der Waals surface area contributed by atoms with Crippen LogP contribution in [0, 0.1) is 5.82 Å². The van der Waals surface area contributed by atoms with Crippen LogP contribution < -0.4 is 4.74 Å². The van der Waals surface area contributed by atoms with Crippen molar-refractivity contribution in [3.8, 4) is 16.9 Å². The molecule has 0 spiro atoms. The molecule has 5 nitrogen and oxygen atoms in total. The van der Waals surface area contributed by atoms with E-state index < -0.39 is 15.9 Å². The molecule has 1 heterocycles. The van der Waals surface area contributed by atoms with E-state index in [1.807, 2.05) is 4.90 Å². The summed E-state index contributed by atoms with van der Waals surface area (Å²) in [5.74, 6) is 0.300. The molecule has 8 heteroatoms. The maximum absolute atomic E-state index is 14.0. The van der Waals surface area contributed by atoms with Gasteiger partial charge < -0.3 is 9.84 Å². The molecule has 3 rings (SSSR count). The largest absolute Gasteiger partial charge is 0.491 e. The van der Waals surface area contributed by atoms with Crippen LogP contribution in [0.15, 0.2) is 42.5 Å². The minimum atomic E-state index is -2.95. The fraction of sp³-hybridized carbons (Fsp3) is 0.368. The molecular formula is C19H21ClFNO4S. The van der Waals surface area contributed by atoms with Gasteiger partial charge in [0.2, 0.25) is 0 Å². The third kappa shape index (κ3) is 5.65. The van der Waals surface area contributed by atoms with Crippen molar-refractivity contribution in [1.29, 1.82) is 0 Å². The van der Waals surface area contributed by atoms with Gasteiger partial charge in [-0.3, -0.25) is 4.90 Å². The van der Waals surface area contributed by atoms with Crippen LogP contribution in [-0.2, 0) is 9.84 Å². The van der Waals surface area contributed by atoms with Crippen molar-refractivity contribution in [3.05, 3.63) is 53.3 Å². The molecule has 0 bridgehead atoms. The smallest absolute Gasteiger partial charge is 0.152 e. The van der Waals surface area contributed by atoms with Crippen LogP contribution >= 0.6 is 11.6 Å². The Morgan fingerprint density at radius 1 is 1.19 bits per heavy atom. The van der Waals surface area contributed by atoms with Gasteiger partial charge >= 0.3 is 0 Å².